The highest BCUT2D eigenvalue weighted by Gasteiger charge is 2.11. The molecule has 1 N–H and O–H groups in total. The second-order valence-corrected chi connectivity index (χ2v) is 6.14. The van der Waals surface area contributed by atoms with Gasteiger partial charge in [-0.3, -0.25) is 4.79 Å². The summed E-state index contributed by atoms with van der Waals surface area (Å²) in [5.41, 5.74) is 2.13. The zero-order valence-electron chi connectivity index (χ0n) is 14.3. The highest BCUT2D eigenvalue weighted by Crippen LogP contribution is 2.14. The molecule has 7 nitrogen and oxygen atoms in total. The molecule has 1 heterocycles. The third-order valence-electron chi connectivity index (χ3n) is 3.77. The van der Waals surface area contributed by atoms with Crippen LogP contribution in [0.25, 0.3) is 0 Å². The Bertz CT molecular complexity index is 911. The molecule has 0 aliphatic carbocycles. The number of nitrogens with one attached hydrogen (secondary N) is 1. The van der Waals surface area contributed by atoms with Gasteiger partial charge in [-0.25, -0.2) is 14.5 Å². The number of aromatic nitrogens is 3. The molecule has 3 aromatic rings. The van der Waals surface area contributed by atoms with Crippen LogP contribution in [0, 0.1) is 0 Å². The molecule has 3 rings (SSSR count). The molecular weight excluding hydrogens is 368 g/mol. The zero-order chi connectivity index (χ0) is 19.1. The molecule has 1 amide bonds. The summed E-state index contributed by atoms with van der Waals surface area (Å²) in [7, 11) is 0. The summed E-state index contributed by atoms with van der Waals surface area (Å²) in [6.45, 7) is 0.469. The normalized spacial score (nSPS) is 10.4. The molecular formula is C19H17ClN4O3. The van der Waals surface area contributed by atoms with Crippen LogP contribution in [0.1, 0.15) is 21.5 Å². The molecule has 0 bridgehead atoms. The van der Waals surface area contributed by atoms with Crippen molar-refractivity contribution in [2.75, 3.05) is 6.61 Å². The molecule has 2 aromatic carbocycles. The molecule has 0 saturated heterocycles. The van der Waals surface area contributed by atoms with Crippen molar-refractivity contribution < 1.29 is 14.3 Å². The number of carbonyl (C=O) groups is 2. The lowest BCUT2D eigenvalue weighted by Gasteiger charge is -2.08. The minimum Gasteiger partial charge on any atom is -0.452 e. The van der Waals surface area contributed by atoms with Crippen molar-refractivity contribution in [3.05, 3.63) is 82.9 Å². The summed E-state index contributed by atoms with van der Waals surface area (Å²) in [5.74, 6) is -0.957. The van der Waals surface area contributed by atoms with Gasteiger partial charge in [0.25, 0.3) is 5.91 Å². The van der Waals surface area contributed by atoms with Crippen LogP contribution in [0.4, 0.5) is 0 Å². The van der Waals surface area contributed by atoms with Crippen molar-refractivity contribution in [3.8, 4) is 0 Å². The van der Waals surface area contributed by atoms with Crippen LogP contribution in [-0.2, 0) is 22.6 Å². The Kier molecular flexibility index (Phi) is 6.17. The second kappa shape index (κ2) is 8.95. The first-order valence-corrected chi connectivity index (χ1v) is 8.58. The Morgan fingerprint density at radius 1 is 1.11 bits per heavy atom. The number of amides is 1. The lowest BCUT2D eigenvalue weighted by atomic mass is 10.1. The van der Waals surface area contributed by atoms with Crippen LogP contribution < -0.4 is 5.32 Å². The van der Waals surface area contributed by atoms with Crippen LogP contribution in [0.3, 0.4) is 0 Å². The summed E-state index contributed by atoms with van der Waals surface area (Å²) >= 11 is 6.03. The molecule has 0 fully saturated rings. The fraction of sp³-hybridized carbons (Fsp3) is 0.158. The molecule has 0 saturated carbocycles. The van der Waals surface area contributed by atoms with E-state index in [2.05, 4.69) is 15.4 Å². The molecule has 138 valence electrons. The van der Waals surface area contributed by atoms with Gasteiger partial charge in [-0.05, 0) is 29.3 Å². The van der Waals surface area contributed by atoms with Gasteiger partial charge in [0, 0.05) is 11.6 Å². The number of benzene rings is 2. The number of hydrogen-bond donors (Lipinski definition) is 1. The minimum absolute atomic E-state index is 0.271. The van der Waals surface area contributed by atoms with E-state index in [1.807, 2.05) is 18.2 Å². The zero-order valence-corrected chi connectivity index (χ0v) is 15.1. The number of hydrogen-bond acceptors (Lipinski definition) is 5. The van der Waals surface area contributed by atoms with Crippen LogP contribution in [0.15, 0.2) is 61.2 Å². The van der Waals surface area contributed by atoms with E-state index in [9.17, 15) is 9.59 Å². The first kappa shape index (κ1) is 18.6. The summed E-state index contributed by atoms with van der Waals surface area (Å²) in [4.78, 5) is 27.8. The fourth-order valence-electron chi connectivity index (χ4n) is 2.35. The largest absolute Gasteiger partial charge is 0.452 e. The highest BCUT2D eigenvalue weighted by atomic mass is 35.5. The third kappa shape index (κ3) is 5.39. The molecule has 0 aliphatic rings. The van der Waals surface area contributed by atoms with E-state index in [1.54, 1.807) is 41.3 Å². The molecule has 0 radical (unpaired) electrons. The number of rotatable bonds is 7. The third-order valence-corrected chi connectivity index (χ3v) is 4.14. The van der Waals surface area contributed by atoms with Crippen LogP contribution in [-0.4, -0.2) is 33.2 Å². The maximum atomic E-state index is 12.1. The molecule has 0 atom stereocenters. The van der Waals surface area contributed by atoms with Gasteiger partial charge in [0.1, 0.15) is 12.7 Å². The highest BCUT2D eigenvalue weighted by molar-refractivity contribution is 6.31. The Labute approximate surface area is 160 Å². The monoisotopic (exact) mass is 384 g/mol. The standard InChI is InChI=1S/C19H17ClN4O3/c20-17-4-2-1-3-16(17)9-22-18(25)11-27-19(26)15-7-5-14(6-8-15)10-24-13-21-12-23-24/h1-8,12-13H,9-11H2,(H,22,25). The summed E-state index contributed by atoms with van der Waals surface area (Å²) in [6.07, 6.45) is 3.08. The smallest absolute Gasteiger partial charge is 0.338 e. The van der Waals surface area contributed by atoms with Gasteiger partial charge < -0.3 is 10.1 Å². The average Bonchev–Trinajstić information content (AvgIpc) is 3.19. The predicted molar refractivity (Wildman–Crippen MR) is 99.1 cm³/mol. The van der Waals surface area contributed by atoms with Crippen LogP contribution in [0.2, 0.25) is 5.02 Å². The SMILES string of the molecule is O=C(COC(=O)c1ccc(Cn2cncn2)cc1)NCc1ccccc1Cl. The number of carbonyl (C=O) groups excluding carboxylic acids is 2. The van der Waals surface area contributed by atoms with Gasteiger partial charge >= 0.3 is 5.97 Å². The Morgan fingerprint density at radius 3 is 2.59 bits per heavy atom. The van der Waals surface area contributed by atoms with E-state index in [0.29, 0.717) is 17.1 Å². The lowest BCUT2D eigenvalue weighted by molar-refractivity contribution is -0.124. The number of nitrogens with zero attached hydrogens (tertiary/aromatic N) is 3. The number of halogens is 1. The van der Waals surface area contributed by atoms with E-state index in [-0.39, 0.29) is 13.2 Å². The maximum absolute atomic E-state index is 12.1. The van der Waals surface area contributed by atoms with Crippen molar-refractivity contribution in [3.63, 3.8) is 0 Å². The average molecular weight is 385 g/mol. The number of esters is 1. The maximum Gasteiger partial charge on any atom is 0.338 e. The van der Waals surface area contributed by atoms with Gasteiger partial charge in [0.2, 0.25) is 0 Å². The summed E-state index contributed by atoms with van der Waals surface area (Å²) in [6, 6.07) is 14.1. The quantitative estimate of drug-likeness (QED) is 0.632. The number of ether oxygens (including phenoxy) is 1. The van der Waals surface area contributed by atoms with Gasteiger partial charge in [-0.1, -0.05) is 41.9 Å². The van der Waals surface area contributed by atoms with E-state index < -0.39 is 11.9 Å². The first-order valence-electron chi connectivity index (χ1n) is 8.20. The van der Waals surface area contributed by atoms with Crippen LogP contribution in [0.5, 0.6) is 0 Å². The summed E-state index contributed by atoms with van der Waals surface area (Å²) < 4.78 is 6.72. The molecule has 27 heavy (non-hydrogen) atoms. The molecule has 0 spiro atoms. The van der Waals surface area contributed by atoms with Crippen molar-refractivity contribution in [2.24, 2.45) is 0 Å². The van der Waals surface area contributed by atoms with Crippen molar-refractivity contribution in [1.82, 2.24) is 20.1 Å². The predicted octanol–water partition coefficient (Wildman–Crippen LogP) is 2.45. The fourth-order valence-corrected chi connectivity index (χ4v) is 2.55. The first-order chi connectivity index (χ1) is 13.1. The molecule has 0 unspecified atom stereocenters. The Hall–Kier alpha value is -3.19. The van der Waals surface area contributed by atoms with E-state index in [0.717, 1.165) is 11.1 Å². The van der Waals surface area contributed by atoms with E-state index in [4.69, 9.17) is 16.3 Å². The molecule has 0 aliphatic heterocycles. The van der Waals surface area contributed by atoms with Gasteiger partial charge in [0.15, 0.2) is 6.61 Å². The van der Waals surface area contributed by atoms with E-state index in [1.165, 1.54) is 6.33 Å². The Morgan fingerprint density at radius 2 is 1.89 bits per heavy atom. The summed E-state index contributed by atoms with van der Waals surface area (Å²) in [5, 5.41) is 7.26. The molecule has 8 heteroatoms. The van der Waals surface area contributed by atoms with Gasteiger partial charge in [-0.15, -0.1) is 0 Å². The van der Waals surface area contributed by atoms with Gasteiger partial charge in [0.05, 0.1) is 12.1 Å². The Balaban J connectivity index is 1.45. The van der Waals surface area contributed by atoms with Crippen LogP contribution >= 0.6 is 11.6 Å². The topological polar surface area (TPSA) is 86.1 Å². The molecule has 1 aromatic heterocycles. The van der Waals surface area contributed by atoms with Gasteiger partial charge in [-0.2, -0.15) is 5.10 Å². The second-order valence-electron chi connectivity index (χ2n) is 5.73. The lowest BCUT2D eigenvalue weighted by Crippen LogP contribution is -2.28. The minimum atomic E-state index is -0.560. The van der Waals surface area contributed by atoms with Crippen molar-refractivity contribution in [2.45, 2.75) is 13.1 Å². The van der Waals surface area contributed by atoms with Crippen molar-refractivity contribution >= 4 is 23.5 Å². The van der Waals surface area contributed by atoms with E-state index >= 15 is 0 Å². The van der Waals surface area contributed by atoms with Crippen molar-refractivity contribution in [1.29, 1.82) is 0 Å².